The second kappa shape index (κ2) is 6.06. The number of nitrogens with zero attached hydrogens (tertiary/aromatic N) is 1. The smallest absolute Gasteiger partial charge is 0.175 e. The molecule has 0 radical (unpaired) electrons. The van der Waals surface area contributed by atoms with Gasteiger partial charge in [-0.3, -0.25) is 0 Å². The molecule has 0 amide bonds. The number of hydrogen-bond donors (Lipinski definition) is 1. The van der Waals surface area contributed by atoms with Gasteiger partial charge in [0.15, 0.2) is 5.82 Å². The summed E-state index contributed by atoms with van der Waals surface area (Å²) in [7, 11) is 0. The van der Waals surface area contributed by atoms with Gasteiger partial charge < -0.3 is 10.3 Å². The number of rotatable bonds is 5. The molecule has 0 unspecified atom stereocenters. The zero-order chi connectivity index (χ0) is 13.8. The molecule has 2 rings (SSSR count). The lowest BCUT2D eigenvalue weighted by Crippen LogP contribution is -1.94. The molecule has 0 atom stereocenters. The molecule has 2 aromatic rings. The molecule has 0 saturated carbocycles. The molecule has 1 aromatic heterocycles. The molecule has 0 spiro atoms. The summed E-state index contributed by atoms with van der Waals surface area (Å²) >= 11 is 5.80. The lowest BCUT2D eigenvalue weighted by atomic mass is 10.0. The van der Waals surface area contributed by atoms with Crippen molar-refractivity contribution in [1.82, 2.24) is 5.16 Å². The summed E-state index contributed by atoms with van der Waals surface area (Å²) < 4.78 is 19.3. The van der Waals surface area contributed by atoms with Gasteiger partial charge in [-0.15, -0.1) is 0 Å². The van der Waals surface area contributed by atoms with Crippen LogP contribution in [0.25, 0.3) is 11.1 Å². The van der Waals surface area contributed by atoms with Crippen LogP contribution in [0.5, 0.6) is 0 Å². The van der Waals surface area contributed by atoms with E-state index < -0.39 is 5.82 Å². The van der Waals surface area contributed by atoms with Crippen molar-refractivity contribution in [2.24, 2.45) is 0 Å². The molecular weight excluding hydrogens is 267 g/mol. The summed E-state index contributed by atoms with van der Waals surface area (Å²) in [4.78, 5) is 0. The zero-order valence-corrected chi connectivity index (χ0v) is 11.5. The maximum Gasteiger partial charge on any atom is 0.175 e. The lowest BCUT2D eigenvalue weighted by Gasteiger charge is -2.05. The Balaban J connectivity index is 2.38. The predicted octanol–water partition coefficient (Wildman–Crippen LogP) is 4.45. The molecule has 19 heavy (non-hydrogen) atoms. The van der Waals surface area contributed by atoms with E-state index in [1.807, 2.05) is 0 Å². The van der Waals surface area contributed by atoms with Crippen molar-refractivity contribution >= 4 is 17.4 Å². The Labute approximate surface area is 116 Å². The number of halogens is 2. The van der Waals surface area contributed by atoms with Gasteiger partial charge in [0.2, 0.25) is 0 Å². The third-order valence-corrected chi connectivity index (χ3v) is 3.31. The first kappa shape index (κ1) is 13.9. The fourth-order valence-corrected chi connectivity index (χ4v) is 2.20. The van der Waals surface area contributed by atoms with E-state index in [0.717, 1.165) is 19.3 Å². The summed E-state index contributed by atoms with van der Waals surface area (Å²) in [5.41, 5.74) is 6.65. The molecule has 2 N–H and O–H groups in total. The van der Waals surface area contributed by atoms with E-state index in [2.05, 4.69) is 12.1 Å². The SMILES string of the molecule is CCCCCc1onc(N)c1-c1cccc(Cl)c1F. The highest BCUT2D eigenvalue weighted by Gasteiger charge is 2.19. The van der Waals surface area contributed by atoms with Gasteiger partial charge in [-0.1, -0.05) is 48.7 Å². The first-order chi connectivity index (χ1) is 9.15. The summed E-state index contributed by atoms with van der Waals surface area (Å²) in [5, 5.41) is 3.80. The van der Waals surface area contributed by atoms with Crippen LogP contribution >= 0.6 is 11.6 Å². The number of benzene rings is 1. The molecule has 0 aliphatic rings. The number of nitrogens with two attached hydrogens (primary N) is 1. The van der Waals surface area contributed by atoms with E-state index >= 15 is 0 Å². The van der Waals surface area contributed by atoms with Gasteiger partial charge in [0.05, 0.1) is 10.6 Å². The molecule has 102 valence electrons. The van der Waals surface area contributed by atoms with Gasteiger partial charge in [0, 0.05) is 12.0 Å². The fourth-order valence-electron chi connectivity index (χ4n) is 2.03. The zero-order valence-electron chi connectivity index (χ0n) is 10.7. The Morgan fingerprint density at radius 1 is 1.37 bits per heavy atom. The van der Waals surface area contributed by atoms with Crippen LogP contribution in [-0.2, 0) is 6.42 Å². The van der Waals surface area contributed by atoms with Crippen molar-refractivity contribution in [2.45, 2.75) is 32.6 Å². The van der Waals surface area contributed by atoms with Crippen LogP contribution < -0.4 is 5.73 Å². The monoisotopic (exact) mass is 282 g/mol. The van der Waals surface area contributed by atoms with E-state index in [9.17, 15) is 4.39 Å². The highest BCUT2D eigenvalue weighted by Crippen LogP contribution is 2.34. The van der Waals surface area contributed by atoms with Gasteiger partial charge >= 0.3 is 0 Å². The largest absolute Gasteiger partial charge is 0.380 e. The minimum absolute atomic E-state index is 0.0672. The minimum Gasteiger partial charge on any atom is -0.380 e. The van der Waals surface area contributed by atoms with Crippen molar-refractivity contribution in [3.63, 3.8) is 0 Å². The van der Waals surface area contributed by atoms with Crippen molar-refractivity contribution in [1.29, 1.82) is 0 Å². The highest BCUT2D eigenvalue weighted by atomic mass is 35.5. The first-order valence-corrected chi connectivity index (χ1v) is 6.71. The Hall–Kier alpha value is -1.55. The molecule has 0 fully saturated rings. The molecule has 0 bridgehead atoms. The maximum absolute atomic E-state index is 14.1. The van der Waals surface area contributed by atoms with Crippen LogP contribution in [0.4, 0.5) is 10.2 Å². The maximum atomic E-state index is 14.1. The summed E-state index contributed by atoms with van der Waals surface area (Å²) in [6, 6.07) is 4.82. The van der Waals surface area contributed by atoms with E-state index in [0.29, 0.717) is 23.3 Å². The molecule has 1 aromatic carbocycles. The molecule has 3 nitrogen and oxygen atoms in total. The van der Waals surface area contributed by atoms with Gasteiger partial charge in [0.1, 0.15) is 11.6 Å². The van der Waals surface area contributed by atoms with Gasteiger partial charge in [-0.25, -0.2) is 4.39 Å². The van der Waals surface area contributed by atoms with E-state index in [-0.39, 0.29) is 10.8 Å². The van der Waals surface area contributed by atoms with Gasteiger partial charge in [0.25, 0.3) is 0 Å². The molecule has 0 aliphatic heterocycles. The van der Waals surface area contributed by atoms with Gasteiger partial charge in [-0.2, -0.15) is 0 Å². The van der Waals surface area contributed by atoms with Crippen LogP contribution in [0.15, 0.2) is 22.7 Å². The Bertz CT molecular complexity index is 569. The molecule has 5 heteroatoms. The fraction of sp³-hybridized carbons (Fsp3) is 0.357. The molecule has 1 heterocycles. The average molecular weight is 283 g/mol. The van der Waals surface area contributed by atoms with Crippen LogP contribution in [-0.4, -0.2) is 5.16 Å². The summed E-state index contributed by atoms with van der Waals surface area (Å²) in [6.07, 6.45) is 3.84. The van der Waals surface area contributed by atoms with E-state index in [1.165, 1.54) is 6.07 Å². The van der Waals surface area contributed by atoms with Crippen LogP contribution in [0.1, 0.15) is 31.9 Å². The van der Waals surface area contributed by atoms with Crippen molar-refractivity contribution in [2.75, 3.05) is 5.73 Å². The number of aryl methyl sites for hydroxylation is 1. The number of anilines is 1. The van der Waals surface area contributed by atoms with Crippen molar-refractivity contribution < 1.29 is 8.91 Å². The Morgan fingerprint density at radius 2 is 2.16 bits per heavy atom. The van der Waals surface area contributed by atoms with Crippen molar-refractivity contribution in [3.8, 4) is 11.1 Å². The topological polar surface area (TPSA) is 52.0 Å². The molecule has 0 aliphatic carbocycles. The summed E-state index contributed by atoms with van der Waals surface area (Å²) in [5.74, 6) is 0.329. The van der Waals surface area contributed by atoms with Crippen LogP contribution in [0.2, 0.25) is 5.02 Å². The minimum atomic E-state index is -0.490. The number of hydrogen-bond acceptors (Lipinski definition) is 3. The van der Waals surface area contributed by atoms with Crippen molar-refractivity contribution in [3.05, 3.63) is 34.8 Å². The number of unbranched alkanes of at least 4 members (excludes halogenated alkanes) is 2. The van der Waals surface area contributed by atoms with E-state index in [4.69, 9.17) is 21.9 Å². The van der Waals surface area contributed by atoms with Gasteiger partial charge in [-0.05, 0) is 12.5 Å². The van der Waals surface area contributed by atoms with Crippen LogP contribution in [0.3, 0.4) is 0 Å². The van der Waals surface area contributed by atoms with E-state index in [1.54, 1.807) is 12.1 Å². The van der Waals surface area contributed by atoms with Crippen LogP contribution in [0, 0.1) is 5.82 Å². The summed E-state index contributed by atoms with van der Waals surface area (Å²) in [6.45, 7) is 2.12. The number of nitrogen functional groups attached to an aromatic ring is 1. The Morgan fingerprint density at radius 3 is 2.89 bits per heavy atom. The molecule has 0 saturated heterocycles. The number of aromatic nitrogens is 1. The molecular formula is C14H16ClFN2O. The lowest BCUT2D eigenvalue weighted by molar-refractivity contribution is 0.382. The third-order valence-electron chi connectivity index (χ3n) is 3.02. The Kier molecular flexibility index (Phi) is 4.43. The standard InChI is InChI=1S/C14H16ClFN2O/c1-2-3-4-8-11-12(14(17)18-19-11)9-6-5-7-10(15)13(9)16/h5-7H,2-4,8H2,1H3,(H2,17,18). The first-order valence-electron chi connectivity index (χ1n) is 6.33. The predicted molar refractivity (Wildman–Crippen MR) is 74.5 cm³/mol. The average Bonchev–Trinajstić information content (AvgIpc) is 2.75. The normalized spacial score (nSPS) is 10.9. The quantitative estimate of drug-likeness (QED) is 0.824. The second-order valence-electron chi connectivity index (χ2n) is 4.42. The highest BCUT2D eigenvalue weighted by molar-refractivity contribution is 6.31. The third kappa shape index (κ3) is 2.89. The second-order valence-corrected chi connectivity index (χ2v) is 4.83.